The zero-order chi connectivity index (χ0) is 23.5. The van der Waals surface area contributed by atoms with Crippen molar-refractivity contribution < 1.29 is 9.53 Å². The Bertz CT molecular complexity index is 1450. The summed E-state index contributed by atoms with van der Waals surface area (Å²) in [5, 5.41) is 0.857. The summed E-state index contributed by atoms with van der Waals surface area (Å²) in [6.45, 7) is 6.02. The van der Waals surface area contributed by atoms with E-state index in [1.807, 2.05) is 38.2 Å². The molecule has 33 heavy (non-hydrogen) atoms. The van der Waals surface area contributed by atoms with Crippen LogP contribution in [-0.4, -0.2) is 27.0 Å². The Labute approximate surface area is 191 Å². The number of nitrogens with two attached hydrogens (primary N) is 2. The van der Waals surface area contributed by atoms with Gasteiger partial charge in [-0.05, 0) is 78.4 Å². The first kappa shape index (κ1) is 21.8. The summed E-state index contributed by atoms with van der Waals surface area (Å²) in [6.07, 6.45) is 6.11. The molecule has 4 N–H and O–H groups in total. The van der Waals surface area contributed by atoms with Gasteiger partial charge >= 0.3 is 0 Å². The second kappa shape index (κ2) is 9.00. The molecule has 0 aliphatic rings. The highest BCUT2D eigenvalue weighted by atomic mass is 16.5. The number of primary amides is 1. The number of fused-ring (bicyclic) bond motifs is 2. The van der Waals surface area contributed by atoms with Gasteiger partial charge in [0.05, 0.1) is 16.6 Å². The quantitative estimate of drug-likeness (QED) is 0.335. The predicted molar refractivity (Wildman–Crippen MR) is 131 cm³/mol. The van der Waals surface area contributed by atoms with Gasteiger partial charge in [0.2, 0.25) is 5.91 Å². The Morgan fingerprint density at radius 2 is 1.97 bits per heavy atom. The first-order valence-electron chi connectivity index (χ1n) is 10.4. The molecule has 1 amide bonds. The Morgan fingerprint density at radius 1 is 1.18 bits per heavy atom. The molecular formula is C26H25N5O2. The summed E-state index contributed by atoms with van der Waals surface area (Å²) in [5.74, 6) is 0.987. The molecule has 2 aromatic heterocycles. The number of carbonyl (C=O) groups is 1. The molecule has 0 bridgehead atoms. The van der Waals surface area contributed by atoms with Crippen molar-refractivity contribution in [2.45, 2.75) is 6.92 Å². The van der Waals surface area contributed by atoms with E-state index in [1.54, 1.807) is 6.20 Å². The Kier molecular flexibility index (Phi) is 5.95. The minimum Gasteiger partial charge on any atom is -0.488 e. The van der Waals surface area contributed by atoms with E-state index in [9.17, 15) is 4.79 Å². The lowest BCUT2D eigenvalue weighted by molar-refractivity contribution is -0.114. The molecule has 0 spiro atoms. The molecule has 0 radical (unpaired) electrons. The Balaban J connectivity index is 1.72. The van der Waals surface area contributed by atoms with Crippen molar-refractivity contribution in [3.63, 3.8) is 0 Å². The molecule has 0 atom stereocenters. The standard InChI is InChI=1S/C26H25N5O2/c1-16(20(26(28)32)6-4-10-27)15-33-25-14-19(13-22-21(25)7-5-11-29-22)18-8-9-24-23(12-18)30-17(2)31(24)3/h4-14H,1,15,27H2,2-3H3,(H2,28,32)/b10-4-,20-6+. The lowest BCUT2D eigenvalue weighted by Crippen LogP contribution is -2.18. The van der Waals surface area contributed by atoms with E-state index in [0.717, 1.165) is 38.9 Å². The molecule has 7 heteroatoms. The smallest absolute Gasteiger partial charge is 0.249 e. The summed E-state index contributed by atoms with van der Waals surface area (Å²) < 4.78 is 8.16. The third-order valence-electron chi connectivity index (χ3n) is 5.54. The monoisotopic (exact) mass is 439 g/mol. The maximum Gasteiger partial charge on any atom is 0.249 e. The Morgan fingerprint density at radius 3 is 2.73 bits per heavy atom. The zero-order valence-electron chi connectivity index (χ0n) is 18.6. The van der Waals surface area contributed by atoms with Gasteiger partial charge in [0, 0.05) is 24.2 Å². The molecule has 0 saturated heterocycles. The van der Waals surface area contributed by atoms with Crippen LogP contribution in [0.4, 0.5) is 0 Å². The number of pyridine rings is 1. The highest BCUT2D eigenvalue weighted by Gasteiger charge is 2.13. The molecule has 7 nitrogen and oxygen atoms in total. The maximum absolute atomic E-state index is 11.8. The highest BCUT2D eigenvalue weighted by Crippen LogP contribution is 2.33. The van der Waals surface area contributed by atoms with Crippen molar-refractivity contribution in [1.29, 1.82) is 0 Å². The number of hydrogen-bond acceptors (Lipinski definition) is 5. The van der Waals surface area contributed by atoms with Gasteiger partial charge in [-0.1, -0.05) is 12.6 Å². The van der Waals surface area contributed by atoms with E-state index in [0.29, 0.717) is 11.3 Å². The van der Waals surface area contributed by atoms with Crippen molar-refractivity contribution in [3.05, 3.63) is 90.6 Å². The number of rotatable bonds is 7. The molecule has 0 fully saturated rings. The third-order valence-corrected chi connectivity index (χ3v) is 5.54. The van der Waals surface area contributed by atoms with Crippen molar-refractivity contribution in [3.8, 4) is 16.9 Å². The fraction of sp³-hybridized carbons (Fsp3) is 0.115. The van der Waals surface area contributed by atoms with Gasteiger partial charge in [-0.2, -0.15) is 0 Å². The van der Waals surface area contributed by atoms with E-state index in [-0.39, 0.29) is 12.2 Å². The number of amides is 1. The molecule has 4 rings (SSSR count). The van der Waals surface area contributed by atoms with E-state index in [2.05, 4.69) is 39.3 Å². The third kappa shape index (κ3) is 4.34. The van der Waals surface area contributed by atoms with Crippen LogP contribution in [0.5, 0.6) is 5.75 Å². The molecule has 166 valence electrons. The van der Waals surface area contributed by atoms with Crippen LogP contribution in [0.2, 0.25) is 0 Å². The summed E-state index contributed by atoms with van der Waals surface area (Å²) in [5.41, 5.74) is 16.3. The van der Waals surface area contributed by atoms with Crippen LogP contribution in [0.25, 0.3) is 33.1 Å². The van der Waals surface area contributed by atoms with E-state index in [4.69, 9.17) is 16.2 Å². The second-order valence-electron chi connectivity index (χ2n) is 7.69. The summed E-state index contributed by atoms with van der Waals surface area (Å²) >= 11 is 0. The predicted octanol–water partition coefficient (Wildman–Crippen LogP) is 3.92. The normalized spacial score (nSPS) is 12.0. The van der Waals surface area contributed by atoms with Crippen molar-refractivity contribution in [2.75, 3.05) is 6.61 Å². The molecule has 2 heterocycles. The van der Waals surface area contributed by atoms with Crippen LogP contribution in [0.1, 0.15) is 5.82 Å². The summed E-state index contributed by atoms with van der Waals surface area (Å²) in [6, 6.07) is 14.0. The van der Waals surface area contributed by atoms with Crippen LogP contribution in [0.15, 0.2) is 84.7 Å². The topological polar surface area (TPSA) is 109 Å². The van der Waals surface area contributed by atoms with Crippen molar-refractivity contribution in [1.82, 2.24) is 14.5 Å². The number of hydrogen-bond donors (Lipinski definition) is 2. The number of ether oxygens (including phenoxy) is 1. The highest BCUT2D eigenvalue weighted by molar-refractivity contribution is 5.97. The van der Waals surface area contributed by atoms with Crippen LogP contribution in [0, 0.1) is 6.92 Å². The molecule has 0 unspecified atom stereocenters. The zero-order valence-corrected chi connectivity index (χ0v) is 18.6. The minimum atomic E-state index is -0.596. The van der Waals surface area contributed by atoms with Crippen molar-refractivity contribution >= 4 is 27.8 Å². The number of aryl methyl sites for hydroxylation is 2. The number of imidazole rings is 1. The molecule has 0 aliphatic carbocycles. The maximum atomic E-state index is 11.8. The number of allylic oxidation sites excluding steroid dienone is 2. The Hall–Kier alpha value is -4.39. The second-order valence-corrected chi connectivity index (χ2v) is 7.69. The minimum absolute atomic E-state index is 0.0824. The molecule has 0 saturated carbocycles. The van der Waals surface area contributed by atoms with E-state index < -0.39 is 5.91 Å². The fourth-order valence-corrected chi connectivity index (χ4v) is 3.70. The van der Waals surface area contributed by atoms with Crippen molar-refractivity contribution in [2.24, 2.45) is 18.5 Å². The number of aromatic nitrogens is 3. The molecule has 2 aromatic carbocycles. The fourth-order valence-electron chi connectivity index (χ4n) is 3.70. The largest absolute Gasteiger partial charge is 0.488 e. The summed E-state index contributed by atoms with van der Waals surface area (Å²) in [7, 11) is 2.00. The lowest BCUT2D eigenvalue weighted by atomic mass is 10.0. The van der Waals surface area contributed by atoms with Gasteiger partial charge in [0.1, 0.15) is 18.2 Å². The number of carbonyl (C=O) groups excluding carboxylic acids is 1. The van der Waals surface area contributed by atoms with Crippen LogP contribution in [-0.2, 0) is 11.8 Å². The number of benzene rings is 2. The SMILES string of the molecule is C=C(COc1cc(-c2ccc3c(c2)nc(C)n3C)cc2ncccc12)/C(=C\C=C/N)C(N)=O. The molecule has 0 aliphatic heterocycles. The van der Waals surface area contributed by atoms with Gasteiger partial charge in [-0.15, -0.1) is 0 Å². The van der Waals surface area contributed by atoms with Gasteiger partial charge < -0.3 is 20.8 Å². The van der Waals surface area contributed by atoms with E-state index >= 15 is 0 Å². The number of nitrogens with zero attached hydrogens (tertiary/aromatic N) is 3. The van der Waals surface area contributed by atoms with Gasteiger partial charge in [-0.25, -0.2) is 4.98 Å². The first-order chi connectivity index (χ1) is 15.9. The average Bonchev–Trinajstić information content (AvgIpc) is 3.10. The average molecular weight is 440 g/mol. The first-order valence-corrected chi connectivity index (χ1v) is 10.4. The summed E-state index contributed by atoms with van der Waals surface area (Å²) in [4.78, 5) is 20.9. The van der Waals surface area contributed by atoms with Crippen LogP contribution >= 0.6 is 0 Å². The molecular weight excluding hydrogens is 414 g/mol. The van der Waals surface area contributed by atoms with Gasteiger partial charge in [-0.3, -0.25) is 9.78 Å². The van der Waals surface area contributed by atoms with E-state index in [1.165, 1.54) is 18.4 Å². The molecule has 4 aromatic rings. The van der Waals surface area contributed by atoms with Gasteiger partial charge in [0.15, 0.2) is 0 Å². The van der Waals surface area contributed by atoms with Crippen LogP contribution < -0.4 is 16.2 Å². The van der Waals surface area contributed by atoms with Gasteiger partial charge in [0.25, 0.3) is 0 Å². The lowest BCUT2D eigenvalue weighted by Gasteiger charge is -2.14. The van der Waals surface area contributed by atoms with Crippen LogP contribution in [0.3, 0.4) is 0 Å².